The summed E-state index contributed by atoms with van der Waals surface area (Å²) >= 11 is 0. The number of para-hydroxylation sites is 1. The molecule has 1 aromatic heterocycles. The SMILES string of the molecule is COc1cc(-c2nc(-c3ccccc3N(C)C)c(C)o2)cc(OC)c1O. The Hall–Kier alpha value is -3.15. The summed E-state index contributed by atoms with van der Waals surface area (Å²) in [5, 5.41) is 10.1. The van der Waals surface area contributed by atoms with Crippen LogP contribution in [0.25, 0.3) is 22.7 Å². The van der Waals surface area contributed by atoms with Gasteiger partial charge in [-0.05, 0) is 25.1 Å². The minimum atomic E-state index is -0.0554. The standard InChI is InChI=1S/C20H22N2O4/c1-12-18(14-8-6-7-9-15(14)22(2)3)21-20(26-12)13-10-16(24-4)19(23)17(11-13)25-5/h6-11,23H,1-5H3. The van der Waals surface area contributed by atoms with Gasteiger partial charge in [0.25, 0.3) is 0 Å². The number of oxazole rings is 1. The van der Waals surface area contributed by atoms with E-state index in [2.05, 4.69) is 4.98 Å². The van der Waals surface area contributed by atoms with Gasteiger partial charge in [0.05, 0.1) is 14.2 Å². The Morgan fingerprint density at radius 3 is 2.23 bits per heavy atom. The van der Waals surface area contributed by atoms with Crippen LogP contribution in [0.4, 0.5) is 5.69 Å². The molecular weight excluding hydrogens is 332 g/mol. The highest BCUT2D eigenvalue weighted by Gasteiger charge is 2.19. The van der Waals surface area contributed by atoms with Crippen LogP contribution in [0.1, 0.15) is 5.76 Å². The van der Waals surface area contributed by atoms with Gasteiger partial charge in [-0.3, -0.25) is 0 Å². The maximum absolute atomic E-state index is 10.1. The molecule has 3 aromatic rings. The average Bonchev–Trinajstić information content (AvgIpc) is 3.03. The molecule has 0 saturated heterocycles. The molecule has 3 rings (SSSR count). The number of methoxy groups -OCH3 is 2. The van der Waals surface area contributed by atoms with Gasteiger partial charge in [0, 0.05) is 30.9 Å². The van der Waals surface area contributed by atoms with Gasteiger partial charge in [0.1, 0.15) is 11.5 Å². The van der Waals surface area contributed by atoms with E-state index in [0.717, 1.165) is 16.9 Å². The van der Waals surface area contributed by atoms with Crippen LogP contribution in [0, 0.1) is 6.92 Å². The minimum Gasteiger partial charge on any atom is -0.502 e. The number of hydrogen-bond donors (Lipinski definition) is 1. The van der Waals surface area contributed by atoms with Crippen LogP contribution < -0.4 is 14.4 Å². The summed E-state index contributed by atoms with van der Waals surface area (Å²) in [6.07, 6.45) is 0. The van der Waals surface area contributed by atoms with Crippen molar-refractivity contribution in [2.45, 2.75) is 6.92 Å². The molecule has 0 fully saturated rings. The van der Waals surface area contributed by atoms with Gasteiger partial charge in [-0.1, -0.05) is 18.2 Å². The lowest BCUT2D eigenvalue weighted by Crippen LogP contribution is -2.09. The lowest BCUT2D eigenvalue weighted by molar-refractivity contribution is 0.340. The van der Waals surface area contributed by atoms with E-state index in [1.54, 1.807) is 12.1 Å². The van der Waals surface area contributed by atoms with Gasteiger partial charge in [0.2, 0.25) is 11.6 Å². The molecule has 26 heavy (non-hydrogen) atoms. The summed E-state index contributed by atoms with van der Waals surface area (Å²) in [6.45, 7) is 1.88. The predicted molar refractivity (Wildman–Crippen MR) is 101 cm³/mol. The fourth-order valence-corrected chi connectivity index (χ4v) is 2.85. The first-order chi connectivity index (χ1) is 12.5. The van der Waals surface area contributed by atoms with Crippen molar-refractivity contribution in [3.63, 3.8) is 0 Å². The van der Waals surface area contributed by atoms with Gasteiger partial charge in [-0.25, -0.2) is 4.98 Å². The lowest BCUT2D eigenvalue weighted by atomic mass is 10.1. The van der Waals surface area contributed by atoms with Crippen molar-refractivity contribution in [3.05, 3.63) is 42.2 Å². The number of benzene rings is 2. The molecule has 0 unspecified atom stereocenters. The van der Waals surface area contributed by atoms with E-state index < -0.39 is 0 Å². The largest absolute Gasteiger partial charge is 0.502 e. The second kappa shape index (κ2) is 7.00. The molecule has 0 saturated carbocycles. The Morgan fingerprint density at radius 2 is 1.65 bits per heavy atom. The van der Waals surface area contributed by atoms with E-state index in [4.69, 9.17) is 13.9 Å². The summed E-state index contributed by atoms with van der Waals surface area (Å²) in [4.78, 5) is 6.73. The van der Waals surface area contributed by atoms with Crippen LogP contribution in [0.5, 0.6) is 17.2 Å². The summed E-state index contributed by atoms with van der Waals surface area (Å²) in [5.74, 6) is 1.68. The molecule has 6 heteroatoms. The van der Waals surface area contributed by atoms with E-state index in [0.29, 0.717) is 28.7 Å². The maximum atomic E-state index is 10.1. The molecule has 0 amide bonds. The average molecular weight is 354 g/mol. The second-order valence-electron chi connectivity index (χ2n) is 6.06. The number of aryl methyl sites for hydroxylation is 1. The fourth-order valence-electron chi connectivity index (χ4n) is 2.85. The van der Waals surface area contributed by atoms with E-state index in [1.807, 2.05) is 50.2 Å². The Balaban J connectivity index is 2.13. The number of hydrogen-bond acceptors (Lipinski definition) is 6. The van der Waals surface area contributed by atoms with Crippen LogP contribution in [-0.2, 0) is 0 Å². The third kappa shape index (κ3) is 3.06. The van der Waals surface area contributed by atoms with Crippen LogP contribution >= 0.6 is 0 Å². The Bertz CT molecular complexity index is 906. The highest BCUT2D eigenvalue weighted by Crippen LogP contribution is 2.41. The predicted octanol–water partition coefficient (Wildman–Crippen LogP) is 4.11. The van der Waals surface area contributed by atoms with Crippen LogP contribution in [-0.4, -0.2) is 38.4 Å². The number of anilines is 1. The third-order valence-corrected chi connectivity index (χ3v) is 4.16. The van der Waals surface area contributed by atoms with Gasteiger partial charge in [0.15, 0.2) is 11.5 Å². The normalized spacial score (nSPS) is 10.7. The van der Waals surface area contributed by atoms with Gasteiger partial charge >= 0.3 is 0 Å². The highest BCUT2D eigenvalue weighted by atomic mass is 16.5. The number of phenols is 1. The van der Waals surface area contributed by atoms with Crippen molar-refractivity contribution in [2.24, 2.45) is 0 Å². The number of phenolic OH excluding ortho intramolecular Hbond substituents is 1. The van der Waals surface area contributed by atoms with Crippen molar-refractivity contribution in [1.82, 2.24) is 4.98 Å². The van der Waals surface area contributed by atoms with E-state index in [-0.39, 0.29) is 5.75 Å². The monoisotopic (exact) mass is 354 g/mol. The zero-order valence-corrected chi connectivity index (χ0v) is 15.5. The highest BCUT2D eigenvalue weighted by molar-refractivity contribution is 5.78. The molecule has 0 bridgehead atoms. The number of aromatic hydroxyl groups is 1. The molecule has 6 nitrogen and oxygen atoms in total. The van der Waals surface area contributed by atoms with Crippen molar-refractivity contribution in [2.75, 3.05) is 33.2 Å². The Kier molecular flexibility index (Phi) is 4.75. The quantitative estimate of drug-likeness (QED) is 0.744. The summed E-state index contributed by atoms with van der Waals surface area (Å²) < 4.78 is 16.3. The van der Waals surface area contributed by atoms with Crippen molar-refractivity contribution >= 4 is 5.69 Å². The van der Waals surface area contributed by atoms with Crippen molar-refractivity contribution in [1.29, 1.82) is 0 Å². The number of rotatable bonds is 5. The van der Waals surface area contributed by atoms with Gasteiger partial charge < -0.3 is 23.9 Å². The molecule has 1 N–H and O–H groups in total. The molecule has 0 aliphatic heterocycles. The molecule has 0 radical (unpaired) electrons. The van der Waals surface area contributed by atoms with Crippen LogP contribution in [0.3, 0.4) is 0 Å². The topological polar surface area (TPSA) is 68.0 Å². The summed E-state index contributed by atoms with van der Waals surface area (Å²) in [5.41, 5.74) is 3.47. The molecule has 2 aromatic carbocycles. The molecule has 0 aliphatic rings. The van der Waals surface area contributed by atoms with Crippen LogP contribution in [0.15, 0.2) is 40.8 Å². The number of nitrogens with zero attached hydrogens (tertiary/aromatic N) is 2. The maximum Gasteiger partial charge on any atom is 0.227 e. The number of aromatic nitrogens is 1. The third-order valence-electron chi connectivity index (χ3n) is 4.16. The van der Waals surface area contributed by atoms with Crippen molar-refractivity contribution < 1.29 is 19.0 Å². The second-order valence-corrected chi connectivity index (χ2v) is 6.06. The van der Waals surface area contributed by atoms with E-state index >= 15 is 0 Å². The smallest absolute Gasteiger partial charge is 0.227 e. The lowest BCUT2D eigenvalue weighted by Gasteiger charge is -2.16. The molecular formula is C20H22N2O4. The Morgan fingerprint density at radius 1 is 1.04 bits per heavy atom. The fraction of sp³-hybridized carbons (Fsp3) is 0.250. The zero-order chi connectivity index (χ0) is 18.8. The first kappa shape index (κ1) is 17.7. The summed E-state index contributed by atoms with van der Waals surface area (Å²) in [6, 6.07) is 11.4. The van der Waals surface area contributed by atoms with E-state index in [9.17, 15) is 5.11 Å². The molecule has 0 aliphatic carbocycles. The van der Waals surface area contributed by atoms with E-state index in [1.165, 1.54) is 14.2 Å². The number of ether oxygens (including phenoxy) is 2. The molecule has 1 heterocycles. The molecule has 0 spiro atoms. The van der Waals surface area contributed by atoms with Gasteiger partial charge in [-0.15, -0.1) is 0 Å². The zero-order valence-electron chi connectivity index (χ0n) is 15.5. The Labute approximate surface area is 152 Å². The first-order valence-electron chi connectivity index (χ1n) is 8.15. The summed E-state index contributed by atoms with van der Waals surface area (Å²) in [7, 11) is 6.95. The molecule has 0 atom stereocenters. The van der Waals surface area contributed by atoms with Gasteiger partial charge in [-0.2, -0.15) is 0 Å². The molecule has 136 valence electrons. The minimum absolute atomic E-state index is 0.0554. The first-order valence-corrected chi connectivity index (χ1v) is 8.15. The van der Waals surface area contributed by atoms with Crippen LogP contribution in [0.2, 0.25) is 0 Å². The van der Waals surface area contributed by atoms with Crippen molar-refractivity contribution in [3.8, 4) is 40.0 Å².